The van der Waals surface area contributed by atoms with Crippen molar-refractivity contribution in [3.8, 4) is 0 Å². The van der Waals surface area contributed by atoms with Gasteiger partial charge in [0.2, 0.25) is 0 Å². The van der Waals surface area contributed by atoms with Gasteiger partial charge in [-0.15, -0.1) is 0 Å². The van der Waals surface area contributed by atoms with E-state index in [0.29, 0.717) is 10.7 Å². The molecule has 100 valence electrons. The molecule has 5 heteroatoms. The Morgan fingerprint density at radius 2 is 1.90 bits per heavy atom. The van der Waals surface area contributed by atoms with Crippen LogP contribution in [0, 0.1) is 0 Å². The quantitative estimate of drug-likeness (QED) is 0.642. The highest BCUT2D eigenvalue weighted by Crippen LogP contribution is 2.31. The standard InChI is InChI=1S/C15H11BrClN3/c16-9-1-4-14(12(17)7-9)20-13-5-6-19-15-8-10(18)2-3-11(13)15/h1-8H,18H2,(H,19,20). The van der Waals surface area contributed by atoms with E-state index in [-0.39, 0.29) is 0 Å². The summed E-state index contributed by atoms with van der Waals surface area (Å²) in [5.74, 6) is 0. The highest BCUT2D eigenvalue weighted by atomic mass is 79.9. The van der Waals surface area contributed by atoms with E-state index in [2.05, 4.69) is 26.2 Å². The minimum Gasteiger partial charge on any atom is -0.399 e. The van der Waals surface area contributed by atoms with Gasteiger partial charge in [-0.2, -0.15) is 0 Å². The van der Waals surface area contributed by atoms with Gasteiger partial charge in [0.1, 0.15) is 0 Å². The van der Waals surface area contributed by atoms with Crippen LogP contribution in [0.25, 0.3) is 10.9 Å². The molecule has 0 atom stereocenters. The number of anilines is 3. The van der Waals surface area contributed by atoms with Crippen molar-refractivity contribution in [1.29, 1.82) is 0 Å². The van der Waals surface area contributed by atoms with Crippen LogP contribution >= 0.6 is 27.5 Å². The molecule has 3 aromatic rings. The van der Waals surface area contributed by atoms with Gasteiger partial charge in [0.15, 0.2) is 0 Å². The first kappa shape index (κ1) is 13.2. The predicted molar refractivity (Wildman–Crippen MR) is 88.6 cm³/mol. The lowest BCUT2D eigenvalue weighted by Crippen LogP contribution is -1.94. The van der Waals surface area contributed by atoms with E-state index < -0.39 is 0 Å². The fraction of sp³-hybridized carbons (Fsp3) is 0. The third-order valence-corrected chi connectivity index (χ3v) is 3.77. The van der Waals surface area contributed by atoms with Crippen LogP contribution in [0.5, 0.6) is 0 Å². The van der Waals surface area contributed by atoms with Crippen LogP contribution in [0.15, 0.2) is 53.1 Å². The fourth-order valence-corrected chi connectivity index (χ4v) is 2.73. The van der Waals surface area contributed by atoms with E-state index in [9.17, 15) is 0 Å². The van der Waals surface area contributed by atoms with Gasteiger partial charge in [0.05, 0.1) is 16.2 Å². The molecule has 0 aliphatic heterocycles. The van der Waals surface area contributed by atoms with E-state index in [1.165, 1.54) is 0 Å². The lowest BCUT2D eigenvalue weighted by Gasteiger charge is -2.11. The lowest BCUT2D eigenvalue weighted by atomic mass is 10.1. The Kier molecular flexibility index (Phi) is 3.51. The van der Waals surface area contributed by atoms with Crippen molar-refractivity contribution < 1.29 is 0 Å². The van der Waals surface area contributed by atoms with Gasteiger partial charge >= 0.3 is 0 Å². The van der Waals surface area contributed by atoms with Gasteiger partial charge in [-0.05, 0) is 42.5 Å². The summed E-state index contributed by atoms with van der Waals surface area (Å²) < 4.78 is 0.945. The van der Waals surface area contributed by atoms with Crippen molar-refractivity contribution in [3.05, 3.63) is 58.2 Å². The Morgan fingerprint density at radius 3 is 2.70 bits per heavy atom. The molecule has 1 aromatic heterocycles. The van der Waals surface area contributed by atoms with E-state index in [0.717, 1.165) is 26.8 Å². The lowest BCUT2D eigenvalue weighted by molar-refractivity contribution is 1.40. The summed E-state index contributed by atoms with van der Waals surface area (Å²) in [6.07, 6.45) is 1.75. The Bertz CT molecular complexity index is 789. The van der Waals surface area contributed by atoms with Crippen molar-refractivity contribution in [2.24, 2.45) is 0 Å². The fourth-order valence-electron chi connectivity index (χ4n) is 2.01. The van der Waals surface area contributed by atoms with Crippen LogP contribution in [0.4, 0.5) is 17.1 Å². The van der Waals surface area contributed by atoms with Crippen LogP contribution in [0.1, 0.15) is 0 Å². The second-order valence-electron chi connectivity index (χ2n) is 4.38. The summed E-state index contributed by atoms with van der Waals surface area (Å²) in [4.78, 5) is 4.32. The van der Waals surface area contributed by atoms with Crippen LogP contribution in [-0.4, -0.2) is 4.98 Å². The van der Waals surface area contributed by atoms with Gasteiger partial charge in [0.25, 0.3) is 0 Å². The zero-order valence-corrected chi connectivity index (χ0v) is 12.7. The van der Waals surface area contributed by atoms with Gasteiger partial charge in [0, 0.05) is 27.4 Å². The SMILES string of the molecule is Nc1ccc2c(Nc3ccc(Br)cc3Cl)ccnc2c1. The predicted octanol–water partition coefficient (Wildman–Crippen LogP) is 4.98. The molecule has 0 saturated carbocycles. The van der Waals surface area contributed by atoms with Crippen molar-refractivity contribution in [1.82, 2.24) is 4.98 Å². The maximum atomic E-state index is 6.23. The number of nitrogens with two attached hydrogens (primary N) is 1. The number of hydrogen-bond donors (Lipinski definition) is 2. The highest BCUT2D eigenvalue weighted by Gasteiger charge is 2.05. The number of fused-ring (bicyclic) bond motifs is 1. The number of benzene rings is 2. The molecule has 0 spiro atoms. The number of rotatable bonds is 2. The van der Waals surface area contributed by atoms with E-state index in [1.54, 1.807) is 6.20 Å². The Labute approximate surface area is 129 Å². The first-order chi connectivity index (χ1) is 9.63. The minimum absolute atomic E-state index is 0.653. The van der Waals surface area contributed by atoms with Crippen molar-refractivity contribution in [2.75, 3.05) is 11.1 Å². The second-order valence-corrected chi connectivity index (χ2v) is 5.71. The number of hydrogen-bond acceptors (Lipinski definition) is 3. The number of aromatic nitrogens is 1. The van der Waals surface area contributed by atoms with Crippen LogP contribution in [-0.2, 0) is 0 Å². The zero-order chi connectivity index (χ0) is 14.1. The van der Waals surface area contributed by atoms with Gasteiger partial charge in [-0.25, -0.2) is 0 Å². The molecule has 0 unspecified atom stereocenters. The molecule has 0 radical (unpaired) electrons. The molecule has 2 aromatic carbocycles. The van der Waals surface area contributed by atoms with Crippen LogP contribution in [0.3, 0.4) is 0 Å². The number of nitrogens with zero attached hydrogens (tertiary/aromatic N) is 1. The van der Waals surface area contributed by atoms with E-state index >= 15 is 0 Å². The summed E-state index contributed by atoms with van der Waals surface area (Å²) in [6, 6.07) is 13.3. The number of halogens is 2. The molecular formula is C15H11BrClN3. The number of nitrogens with one attached hydrogen (secondary N) is 1. The minimum atomic E-state index is 0.653. The zero-order valence-electron chi connectivity index (χ0n) is 10.4. The molecule has 3 N–H and O–H groups in total. The van der Waals surface area contributed by atoms with Gasteiger partial charge in [-0.1, -0.05) is 27.5 Å². The molecule has 0 aliphatic rings. The molecule has 0 fully saturated rings. The topological polar surface area (TPSA) is 50.9 Å². The summed E-state index contributed by atoms with van der Waals surface area (Å²) in [5, 5.41) is 4.98. The summed E-state index contributed by atoms with van der Waals surface area (Å²) in [5.41, 5.74) is 9.12. The molecule has 3 nitrogen and oxygen atoms in total. The largest absolute Gasteiger partial charge is 0.399 e. The molecule has 0 aliphatic carbocycles. The number of pyridine rings is 1. The summed E-state index contributed by atoms with van der Waals surface area (Å²) >= 11 is 9.62. The van der Waals surface area contributed by atoms with Gasteiger partial charge in [-0.3, -0.25) is 4.98 Å². The normalized spacial score (nSPS) is 10.7. The average Bonchev–Trinajstić information content (AvgIpc) is 2.41. The summed E-state index contributed by atoms with van der Waals surface area (Å²) in [7, 11) is 0. The van der Waals surface area contributed by atoms with E-state index in [4.69, 9.17) is 17.3 Å². The first-order valence-corrected chi connectivity index (χ1v) is 7.17. The summed E-state index contributed by atoms with van der Waals surface area (Å²) in [6.45, 7) is 0. The molecule has 0 saturated heterocycles. The second kappa shape index (κ2) is 5.31. The molecular weight excluding hydrogens is 338 g/mol. The molecule has 0 amide bonds. The van der Waals surface area contributed by atoms with Crippen molar-refractivity contribution in [2.45, 2.75) is 0 Å². The third-order valence-electron chi connectivity index (χ3n) is 2.97. The van der Waals surface area contributed by atoms with Crippen molar-refractivity contribution in [3.63, 3.8) is 0 Å². The van der Waals surface area contributed by atoms with E-state index in [1.807, 2.05) is 42.5 Å². The monoisotopic (exact) mass is 347 g/mol. The molecule has 0 bridgehead atoms. The molecule has 1 heterocycles. The highest BCUT2D eigenvalue weighted by molar-refractivity contribution is 9.10. The Morgan fingerprint density at radius 1 is 1.05 bits per heavy atom. The van der Waals surface area contributed by atoms with Crippen LogP contribution < -0.4 is 11.1 Å². The third kappa shape index (κ3) is 2.57. The maximum absolute atomic E-state index is 6.23. The average molecular weight is 349 g/mol. The smallest absolute Gasteiger partial charge is 0.0743 e. The maximum Gasteiger partial charge on any atom is 0.0743 e. The van der Waals surface area contributed by atoms with Crippen LogP contribution in [0.2, 0.25) is 5.02 Å². The molecule has 20 heavy (non-hydrogen) atoms. The van der Waals surface area contributed by atoms with Crippen molar-refractivity contribution >= 4 is 55.5 Å². The van der Waals surface area contributed by atoms with Gasteiger partial charge < -0.3 is 11.1 Å². The first-order valence-electron chi connectivity index (χ1n) is 6.00. The Hall–Kier alpha value is -1.78. The number of nitrogen functional groups attached to an aromatic ring is 1. The molecule has 3 rings (SSSR count). The Balaban J connectivity index is 2.06.